The minimum absolute atomic E-state index is 0.0144. The van der Waals surface area contributed by atoms with E-state index < -0.39 is 32.2 Å². The Bertz CT molecular complexity index is 826. The Labute approximate surface area is 161 Å². The van der Waals surface area contributed by atoms with Crippen LogP contribution in [0.2, 0.25) is 0 Å². The number of hydrogen-bond donors (Lipinski definition) is 3. The molecule has 1 aromatic carbocycles. The van der Waals surface area contributed by atoms with E-state index in [1.54, 1.807) is 32.0 Å². The fourth-order valence-corrected chi connectivity index (χ4v) is 5.25. The molecule has 0 aliphatic carbocycles. The van der Waals surface area contributed by atoms with Crippen LogP contribution in [0.4, 0.5) is 0 Å². The van der Waals surface area contributed by atoms with Crippen molar-refractivity contribution < 1.29 is 26.7 Å². The fraction of sp³-hybridized carbons (Fsp3) is 0.647. The molecule has 1 saturated heterocycles. The topological polar surface area (TPSA) is 122 Å². The molecule has 0 saturated carbocycles. The van der Waals surface area contributed by atoms with E-state index in [0.29, 0.717) is 24.8 Å². The summed E-state index contributed by atoms with van der Waals surface area (Å²) in [5, 5.41) is 9.62. The summed E-state index contributed by atoms with van der Waals surface area (Å²) in [5.41, 5.74) is 0.642. The van der Waals surface area contributed by atoms with Crippen LogP contribution in [0.3, 0.4) is 0 Å². The molecule has 0 unspecified atom stereocenters. The molecule has 27 heavy (non-hydrogen) atoms. The summed E-state index contributed by atoms with van der Waals surface area (Å²) in [4.78, 5) is 0.206. The SMILES string of the molecule is CCS(=O)(=O)NCC[C@H]1CC[C@H](NS(=O)(=O)c2ccccc2C)[C@@H](CO)O1. The molecule has 1 aliphatic rings. The van der Waals surface area contributed by atoms with Gasteiger partial charge < -0.3 is 9.84 Å². The van der Waals surface area contributed by atoms with E-state index in [1.807, 2.05) is 0 Å². The van der Waals surface area contributed by atoms with Gasteiger partial charge in [-0.1, -0.05) is 18.2 Å². The van der Waals surface area contributed by atoms with Gasteiger partial charge >= 0.3 is 0 Å². The lowest BCUT2D eigenvalue weighted by molar-refractivity contribution is -0.0869. The van der Waals surface area contributed by atoms with E-state index in [9.17, 15) is 21.9 Å². The predicted molar refractivity (Wildman–Crippen MR) is 102 cm³/mol. The molecule has 1 aromatic rings. The van der Waals surface area contributed by atoms with Crippen LogP contribution in [-0.2, 0) is 24.8 Å². The molecule has 1 aliphatic heterocycles. The van der Waals surface area contributed by atoms with Gasteiger partial charge in [-0.25, -0.2) is 26.3 Å². The second-order valence-electron chi connectivity index (χ2n) is 6.64. The van der Waals surface area contributed by atoms with Gasteiger partial charge in [0.05, 0.1) is 35.5 Å². The third kappa shape index (κ3) is 6.23. The molecular formula is C17H28N2O6S2. The second-order valence-corrected chi connectivity index (χ2v) is 10.4. The Morgan fingerprint density at radius 3 is 2.52 bits per heavy atom. The van der Waals surface area contributed by atoms with Gasteiger partial charge in [-0.05, 0) is 44.7 Å². The quantitative estimate of drug-likeness (QED) is 0.535. The maximum Gasteiger partial charge on any atom is 0.241 e. The van der Waals surface area contributed by atoms with Gasteiger partial charge in [0.25, 0.3) is 0 Å². The van der Waals surface area contributed by atoms with E-state index in [0.717, 1.165) is 0 Å². The number of aliphatic hydroxyl groups is 1. The van der Waals surface area contributed by atoms with Crippen molar-refractivity contribution in [1.29, 1.82) is 0 Å². The molecule has 3 atom stereocenters. The lowest BCUT2D eigenvalue weighted by atomic mass is 9.98. The predicted octanol–water partition coefficient (Wildman–Crippen LogP) is 0.511. The molecule has 0 bridgehead atoms. The van der Waals surface area contributed by atoms with Crippen molar-refractivity contribution in [3.8, 4) is 0 Å². The van der Waals surface area contributed by atoms with Crippen LogP contribution < -0.4 is 9.44 Å². The molecule has 8 nitrogen and oxygen atoms in total. The van der Waals surface area contributed by atoms with Crippen LogP contribution in [-0.4, -0.2) is 59.1 Å². The van der Waals surface area contributed by atoms with Gasteiger partial charge in [0.15, 0.2) is 0 Å². The van der Waals surface area contributed by atoms with Crippen molar-refractivity contribution in [2.45, 2.75) is 56.3 Å². The number of rotatable bonds is 9. The first-order valence-corrected chi connectivity index (χ1v) is 12.1. The zero-order valence-electron chi connectivity index (χ0n) is 15.6. The normalized spacial score (nSPS) is 24.0. The summed E-state index contributed by atoms with van der Waals surface area (Å²) < 4.78 is 59.2. The number of hydrogen-bond acceptors (Lipinski definition) is 6. The smallest absolute Gasteiger partial charge is 0.241 e. The molecule has 3 N–H and O–H groups in total. The first kappa shape index (κ1) is 22.3. The van der Waals surface area contributed by atoms with Gasteiger partial charge in [-0.15, -0.1) is 0 Å². The molecule has 1 heterocycles. The maximum atomic E-state index is 12.7. The van der Waals surface area contributed by atoms with Gasteiger partial charge in [-0.3, -0.25) is 0 Å². The lowest BCUT2D eigenvalue weighted by Gasteiger charge is -2.36. The summed E-state index contributed by atoms with van der Waals surface area (Å²) in [5.74, 6) is 0.0144. The molecule has 0 aromatic heterocycles. The number of ether oxygens (including phenoxy) is 1. The van der Waals surface area contributed by atoms with Crippen LogP contribution >= 0.6 is 0 Å². The highest BCUT2D eigenvalue weighted by molar-refractivity contribution is 7.89. The zero-order chi connectivity index (χ0) is 20.1. The zero-order valence-corrected chi connectivity index (χ0v) is 17.2. The number of nitrogens with one attached hydrogen (secondary N) is 2. The highest BCUT2D eigenvalue weighted by atomic mass is 32.2. The Balaban J connectivity index is 1.96. The van der Waals surface area contributed by atoms with Crippen LogP contribution in [0.5, 0.6) is 0 Å². The van der Waals surface area contributed by atoms with E-state index in [4.69, 9.17) is 4.74 Å². The van der Waals surface area contributed by atoms with E-state index in [-0.39, 0.29) is 29.9 Å². The number of aryl methyl sites for hydroxylation is 1. The molecule has 0 amide bonds. The minimum atomic E-state index is -3.72. The monoisotopic (exact) mass is 420 g/mol. The number of aliphatic hydroxyl groups excluding tert-OH is 1. The summed E-state index contributed by atoms with van der Waals surface area (Å²) in [7, 11) is -6.98. The van der Waals surface area contributed by atoms with Gasteiger partial charge in [-0.2, -0.15) is 0 Å². The van der Waals surface area contributed by atoms with Gasteiger partial charge in [0.1, 0.15) is 0 Å². The van der Waals surface area contributed by atoms with Crippen molar-refractivity contribution in [1.82, 2.24) is 9.44 Å². The third-order valence-electron chi connectivity index (χ3n) is 4.65. The first-order valence-electron chi connectivity index (χ1n) is 9.00. The van der Waals surface area contributed by atoms with Gasteiger partial charge in [0.2, 0.25) is 20.0 Å². The highest BCUT2D eigenvalue weighted by Crippen LogP contribution is 2.24. The Morgan fingerprint density at radius 2 is 1.89 bits per heavy atom. The van der Waals surface area contributed by atoms with Crippen LogP contribution in [0.15, 0.2) is 29.2 Å². The largest absolute Gasteiger partial charge is 0.394 e. The van der Waals surface area contributed by atoms with Crippen LogP contribution in [0.25, 0.3) is 0 Å². The fourth-order valence-electron chi connectivity index (χ4n) is 3.08. The molecule has 154 valence electrons. The minimum Gasteiger partial charge on any atom is -0.394 e. The van der Waals surface area contributed by atoms with Crippen molar-refractivity contribution in [2.75, 3.05) is 18.9 Å². The van der Waals surface area contributed by atoms with Crippen molar-refractivity contribution in [2.24, 2.45) is 0 Å². The van der Waals surface area contributed by atoms with E-state index in [2.05, 4.69) is 9.44 Å². The number of benzene rings is 1. The Kier molecular flexibility index (Phi) is 7.78. The maximum absolute atomic E-state index is 12.7. The summed E-state index contributed by atoms with van der Waals surface area (Å²) >= 11 is 0. The highest BCUT2D eigenvalue weighted by Gasteiger charge is 2.34. The molecule has 0 radical (unpaired) electrons. The molecule has 10 heteroatoms. The first-order chi connectivity index (χ1) is 12.7. The second kappa shape index (κ2) is 9.44. The van der Waals surface area contributed by atoms with Crippen molar-refractivity contribution in [3.63, 3.8) is 0 Å². The van der Waals surface area contributed by atoms with E-state index >= 15 is 0 Å². The molecule has 2 rings (SSSR count). The Hall–Kier alpha value is -1.04. The van der Waals surface area contributed by atoms with Crippen molar-refractivity contribution >= 4 is 20.0 Å². The average molecular weight is 421 g/mol. The number of sulfonamides is 2. The lowest BCUT2D eigenvalue weighted by Crippen LogP contribution is -2.51. The molecule has 0 spiro atoms. The average Bonchev–Trinajstić information content (AvgIpc) is 2.62. The summed E-state index contributed by atoms with van der Waals surface area (Å²) in [6.45, 7) is 3.21. The third-order valence-corrected chi connectivity index (χ3v) is 7.71. The molecule has 1 fully saturated rings. The van der Waals surface area contributed by atoms with Gasteiger partial charge in [0, 0.05) is 6.54 Å². The molecular weight excluding hydrogens is 392 g/mol. The van der Waals surface area contributed by atoms with Crippen LogP contribution in [0.1, 0.15) is 31.7 Å². The van der Waals surface area contributed by atoms with Crippen molar-refractivity contribution in [3.05, 3.63) is 29.8 Å². The van der Waals surface area contributed by atoms with Crippen LogP contribution in [0, 0.1) is 6.92 Å². The standard InChI is InChI=1S/C17H28N2O6S2/c1-3-26(21,22)18-11-10-14-8-9-15(16(12-20)25-14)19-27(23,24)17-7-5-4-6-13(17)2/h4-7,14-16,18-20H,3,8-12H2,1-2H3/t14-,15+,16-/m1/s1. The summed E-state index contributed by atoms with van der Waals surface area (Å²) in [6.07, 6.45) is 0.631. The summed E-state index contributed by atoms with van der Waals surface area (Å²) in [6, 6.07) is 6.16. The Morgan fingerprint density at radius 1 is 1.19 bits per heavy atom. The van der Waals surface area contributed by atoms with E-state index in [1.165, 1.54) is 6.07 Å².